The van der Waals surface area contributed by atoms with Crippen LogP contribution in [-0.2, 0) is 22.7 Å². The summed E-state index contributed by atoms with van der Waals surface area (Å²) in [6.07, 6.45) is 5.15. The number of hydrogen-bond acceptors (Lipinski definition) is 4. The Morgan fingerprint density at radius 2 is 1.79 bits per heavy atom. The molecule has 142 valence electrons. The van der Waals surface area contributed by atoms with Crippen molar-refractivity contribution in [1.29, 1.82) is 0 Å². The van der Waals surface area contributed by atoms with Gasteiger partial charge < -0.3 is 9.64 Å². The van der Waals surface area contributed by atoms with Crippen molar-refractivity contribution in [3.05, 3.63) is 83.7 Å². The first-order valence-electron chi connectivity index (χ1n) is 9.32. The zero-order valence-electron chi connectivity index (χ0n) is 15.5. The fraction of sp³-hybridized carbons (Fsp3) is 0.227. The topological polar surface area (TPSA) is 64.4 Å². The smallest absolute Gasteiger partial charge is 0.338 e. The third-order valence-electron chi connectivity index (χ3n) is 4.81. The summed E-state index contributed by atoms with van der Waals surface area (Å²) in [6.45, 7) is 1.61. The molecule has 1 fully saturated rings. The molecule has 2 heterocycles. The van der Waals surface area contributed by atoms with Crippen molar-refractivity contribution in [3.8, 4) is 5.69 Å². The van der Waals surface area contributed by atoms with Crippen LogP contribution in [-0.4, -0.2) is 33.1 Å². The van der Waals surface area contributed by atoms with E-state index in [4.69, 9.17) is 4.74 Å². The molecule has 1 aliphatic rings. The van der Waals surface area contributed by atoms with Gasteiger partial charge in [-0.1, -0.05) is 24.3 Å². The van der Waals surface area contributed by atoms with Gasteiger partial charge in [-0.15, -0.1) is 0 Å². The number of carbonyl (C=O) groups excluding carboxylic acids is 2. The molecule has 0 unspecified atom stereocenters. The number of amides is 1. The minimum Gasteiger partial charge on any atom is -0.457 e. The Hall–Kier alpha value is -3.41. The normalized spacial score (nSPS) is 13.7. The van der Waals surface area contributed by atoms with Gasteiger partial charge in [0.05, 0.1) is 11.3 Å². The Balaban J connectivity index is 1.31. The van der Waals surface area contributed by atoms with Crippen molar-refractivity contribution in [3.63, 3.8) is 0 Å². The fourth-order valence-electron chi connectivity index (χ4n) is 3.24. The van der Waals surface area contributed by atoms with E-state index in [9.17, 15) is 9.59 Å². The summed E-state index contributed by atoms with van der Waals surface area (Å²) in [4.78, 5) is 25.8. The molecule has 2 aromatic carbocycles. The van der Waals surface area contributed by atoms with E-state index in [1.54, 1.807) is 23.0 Å². The lowest BCUT2D eigenvalue weighted by atomic mass is 10.1. The molecular weight excluding hydrogens is 354 g/mol. The number of esters is 1. The standard InChI is InChI=1S/C22H21N3O3/c26-21-3-1-13-24(21)15-17-4-8-19(9-5-17)22(27)28-16-18-6-10-20(11-7-18)25-14-2-12-23-25/h2,4-12,14H,1,3,13,15-16H2. The molecule has 6 nitrogen and oxygen atoms in total. The maximum Gasteiger partial charge on any atom is 0.338 e. The van der Waals surface area contributed by atoms with Gasteiger partial charge in [0.1, 0.15) is 6.61 Å². The first-order valence-corrected chi connectivity index (χ1v) is 9.32. The number of ether oxygens (including phenoxy) is 1. The maximum absolute atomic E-state index is 12.3. The van der Waals surface area contributed by atoms with Gasteiger partial charge in [-0.3, -0.25) is 4.79 Å². The number of rotatable bonds is 6. The first kappa shape index (κ1) is 18.0. The molecule has 28 heavy (non-hydrogen) atoms. The Morgan fingerprint density at radius 1 is 1.04 bits per heavy atom. The molecule has 0 atom stereocenters. The maximum atomic E-state index is 12.3. The number of carbonyl (C=O) groups is 2. The average molecular weight is 375 g/mol. The van der Waals surface area contributed by atoms with Crippen molar-refractivity contribution >= 4 is 11.9 Å². The lowest BCUT2D eigenvalue weighted by molar-refractivity contribution is -0.128. The molecule has 0 aliphatic carbocycles. The summed E-state index contributed by atoms with van der Waals surface area (Å²) in [6, 6.07) is 16.8. The highest BCUT2D eigenvalue weighted by molar-refractivity contribution is 5.89. The Bertz CT molecular complexity index is 948. The van der Waals surface area contributed by atoms with Gasteiger partial charge in [-0.25, -0.2) is 9.48 Å². The first-order chi connectivity index (χ1) is 13.7. The predicted octanol–water partition coefficient (Wildman–Crippen LogP) is 3.35. The summed E-state index contributed by atoms with van der Waals surface area (Å²) in [5.41, 5.74) is 3.38. The van der Waals surface area contributed by atoms with Crippen LogP contribution in [0.5, 0.6) is 0 Å². The Morgan fingerprint density at radius 3 is 2.43 bits per heavy atom. The van der Waals surface area contributed by atoms with Gasteiger partial charge in [0.15, 0.2) is 0 Å². The molecular formula is C22H21N3O3. The van der Waals surface area contributed by atoms with Crippen LogP contribution in [0.1, 0.15) is 34.3 Å². The van der Waals surface area contributed by atoms with Crippen LogP contribution >= 0.6 is 0 Å². The van der Waals surface area contributed by atoms with E-state index in [2.05, 4.69) is 5.10 Å². The predicted molar refractivity (Wildman–Crippen MR) is 104 cm³/mol. The van der Waals surface area contributed by atoms with Gasteiger partial charge in [-0.05, 0) is 47.9 Å². The van der Waals surface area contributed by atoms with Crippen LogP contribution in [0, 0.1) is 0 Å². The van der Waals surface area contributed by atoms with Gasteiger partial charge in [0, 0.05) is 31.9 Å². The van der Waals surface area contributed by atoms with E-state index < -0.39 is 0 Å². The van der Waals surface area contributed by atoms with Crippen molar-refractivity contribution < 1.29 is 14.3 Å². The number of hydrogen-bond donors (Lipinski definition) is 0. The summed E-state index contributed by atoms with van der Waals surface area (Å²) in [7, 11) is 0. The zero-order valence-corrected chi connectivity index (χ0v) is 15.5. The van der Waals surface area contributed by atoms with E-state index >= 15 is 0 Å². The molecule has 3 aromatic rings. The highest BCUT2D eigenvalue weighted by Crippen LogP contribution is 2.16. The fourth-order valence-corrected chi connectivity index (χ4v) is 3.24. The molecule has 1 aromatic heterocycles. The minimum atomic E-state index is -0.361. The second-order valence-corrected chi connectivity index (χ2v) is 6.81. The number of likely N-dealkylation sites (tertiary alicyclic amines) is 1. The molecule has 1 aliphatic heterocycles. The van der Waals surface area contributed by atoms with Crippen LogP contribution in [0.25, 0.3) is 5.69 Å². The van der Waals surface area contributed by atoms with Gasteiger partial charge >= 0.3 is 5.97 Å². The van der Waals surface area contributed by atoms with Crippen LogP contribution in [0.4, 0.5) is 0 Å². The number of aromatic nitrogens is 2. The quantitative estimate of drug-likeness (QED) is 0.620. The summed E-state index contributed by atoms with van der Waals surface area (Å²) in [5.74, 6) is -0.165. The number of benzene rings is 2. The molecule has 0 N–H and O–H groups in total. The van der Waals surface area contributed by atoms with Gasteiger partial charge in [-0.2, -0.15) is 5.10 Å². The molecule has 4 rings (SSSR count). The summed E-state index contributed by atoms with van der Waals surface area (Å²) < 4.78 is 7.18. The molecule has 6 heteroatoms. The van der Waals surface area contributed by atoms with Crippen LogP contribution in [0.2, 0.25) is 0 Å². The Labute approximate surface area is 163 Å². The van der Waals surface area contributed by atoms with Crippen molar-refractivity contribution in [1.82, 2.24) is 14.7 Å². The zero-order chi connectivity index (χ0) is 19.3. The highest BCUT2D eigenvalue weighted by atomic mass is 16.5. The van der Waals surface area contributed by atoms with E-state index in [1.807, 2.05) is 53.6 Å². The lowest BCUT2D eigenvalue weighted by Crippen LogP contribution is -2.23. The lowest BCUT2D eigenvalue weighted by Gasteiger charge is -2.15. The SMILES string of the molecule is O=C(OCc1ccc(-n2cccn2)cc1)c1ccc(CN2CCCC2=O)cc1. The van der Waals surface area contributed by atoms with Crippen LogP contribution in [0.15, 0.2) is 67.0 Å². The molecule has 0 radical (unpaired) electrons. The van der Waals surface area contributed by atoms with Crippen molar-refractivity contribution in [2.45, 2.75) is 26.0 Å². The van der Waals surface area contributed by atoms with E-state index in [-0.39, 0.29) is 18.5 Å². The number of nitrogens with zero attached hydrogens (tertiary/aromatic N) is 3. The largest absolute Gasteiger partial charge is 0.457 e. The van der Waals surface area contributed by atoms with Gasteiger partial charge in [0.25, 0.3) is 0 Å². The van der Waals surface area contributed by atoms with Crippen LogP contribution < -0.4 is 0 Å². The monoisotopic (exact) mass is 375 g/mol. The van der Waals surface area contributed by atoms with Gasteiger partial charge in [0.2, 0.25) is 5.91 Å². The second kappa shape index (κ2) is 8.08. The summed E-state index contributed by atoms with van der Waals surface area (Å²) in [5, 5.41) is 4.18. The minimum absolute atomic E-state index is 0.196. The molecule has 0 spiro atoms. The third kappa shape index (κ3) is 4.11. The second-order valence-electron chi connectivity index (χ2n) is 6.81. The van der Waals surface area contributed by atoms with E-state index in [0.717, 1.165) is 29.8 Å². The highest BCUT2D eigenvalue weighted by Gasteiger charge is 2.20. The molecule has 1 saturated heterocycles. The van der Waals surface area contributed by atoms with E-state index in [1.165, 1.54) is 0 Å². The molecule has 1 amide bonds. The summed E-state index contributed by atoms with van der Waals surface area (Å²) >= 11 is 0. The van der Waals surface area contributed by atoms with E-state index in [0.29, 0.717) is 18.5 Å². The third-order valence-corrected chi connectivity index (χ3v) is 4.81. The average Bonchev–Trinajstić information content (AvgIpc) is 3.40. The molecule has 0 saturated carbocycles. The Kier molecular flexibility index (Phi) is 5.19. The van der Waals surface area contributed by atoms with Crippen molar-refractivity contribution in [2.24, 2.45) is 0 Å². The van der Waals surface area contributed by atoms with Crippen LogP contribution in [0.3, 0.4) is 0 Å². The van der Waals surface area contributed by atoms with Crippen molar-refractivity contribution in [2.75, 3.05) is 6.54 Å². The molecule has 0 bridgehead atoms.